The molecule has 3 rings (SSSR count). The van der Waals surface area contributed by atoms with Crippen molar-refractivity contribution < 1.29 is 19.1 Å². The van der Waals surface area contributed by atoms with Gasteiger partial charge in [-0.2, -0.15) is 0 Å². The molecule has 7 heteroatoms. The van der Waals surface area contributed by atoms with Gasteiger partial charge in [0.15, 0.2) is 5.76 Å². The van der Waals surface area contributed by atoms with Crippen molar-refractivity contribution in [3.05, 3.63) is 28.3 Å². The van der Waals surface area contributed by atoms with Gasteiger partial charge < -0.3 is 19.2 Å². The summed E-state index contributed by atoms with van der Waals surface area (Å²) in [5, 5.41) is 12.1. The molecule has 0 aliphatic carbocycles. The summed E-state index contributed by atoms with van der Waals surface area (Å²) in [7, 11) is 0. The Morgan fingerprint density at radius 2 is 2.41 bits per heavy atom. The summed E-state index contributed by atoms with van der Waals surface area (Å²) in [4.78, 5) is 18.7. The number of hydrogen-bond acceptors (Lipinski definition) is 6. The fraction of sp³-hybridized carbons (Fsp3) is 0.467. The van der Waals surface area contributed by atoms with Gasteiger partial charge in [-0.15, -0.1) is 11.3 Å². The Hall–Kier alpha value is -1.70. The lowest BCUT2D eigenvalue weighted by atomic mass is 10.1. The van der Waals surface area contributed by atoms with Crippen molar-refractivity contribution in [1.29, 1.82) is 0 Å². The molecule has 2 aromatic rings. The van der Waals surface area contributed by atoms with E-state index in [0.717, 1.165) is 10.7 Å². The maximum atomic E-state index is 12.6. The summed E-state index contributed by atoms with van der Waals surface area (Å²) in [5.41, 5.74) is 1.23. The third-order valence-electron chi connectivity index (χ3n) is 3.69. The van der Waals surface area contributed by atoms with Crippen LogP contribution in [0.15, 0.2) is 22.1 Å². The molecule has 3 heterocycles. The molecule has 1 aliphatic heterocycles. The van der Waals surface area contributed by atoms with Crippen LogP contribution < -0.4 is 0 Å². The van der Waals surface area contributed by atoms with E-state index in [9.17, 15) is 9.90 Å². The van der Waals surface area contributed by atoms with Gasteiger partial charge >= 0.3 is 0 Å². The quantitative estimate of drug-likeness (QED) is 0.934. The second-order valence-electron chi connectivity index (χ2n) is 5.40. The molecule has 0 radical (unpaired) electrons. The van der Waals surface area contributed by atoms with Crippen molar-refractivity contribution in [2.75, 3.05) is 19.8 Å². The van der Waals surface area contributed by atoms with Crippen LogP contribution in [0.3, 0.4) is 0 Å². The Bertz CT molecular complexity index is 666. The predicted molar refractivity (Wildman–Crippen MR) is 81.9 cm³/mol. The number of amides is 1. The molecule has 2 unspecified atom stereocenters. The van der Waals surface area contributed by atoms with Crippen LogP contribution in [0.1, 0.15) is 22.3 Å². The highest BCUT2D eigenvalue weighted by atomic mass is 32.1. The van der Waals surface area contributed by atoms with Gasteiger partial charge in [-0.05, 0) is 19.9 Å². The summed E-state index contributed by atoms with van der Waals surface area (Å²) in [6, 6.07) is 1.68. The number of aliphatic hydroxyl groups is 1. The van der Waals surface area contributed by atoms with E-state index >= 15 is 0 Å². The van der Waals surface area contributed by atoms with Gasteiger partial charge in [0.05, 0.1) is 35.9 Å². The Balaban J connectivity index is 1.78. The highest BCUT2D eigenvalue weighted by Crippen LogP contribution is 2.25. The van der Waals surface area contributed by atoms with Crippen LogP contribution in [0, 0.1) is 6.92 Å². The minimum atomic E-state index is -0.326. The zero-order valence-corrected chi connectivity index (χ0v) is 13.3. The van der Waals surface area contributed by atoms with E-state index in [4.69, 9.17) is 9.15 Å². The fourth-order valence-electron chi connectivity index (χ4n) is 2.44. The molecule has 1 fully saturated rings. The molecule has 6 nitrogen and oxygen atoms in total. The summed E-state index contributed by atoms with van der Waals surface area (Å²) >= 11 is 1.54. The molecular formula is C15H18N2O4S. The van der Waals surface area contributed by atoms with Gasteiger partial charge in [0.2, 0.25) is 0 Å². The molecule has 2 aromatic heterocycles. The number of thiazole rings is 1. The van der Waals surface area contributed by atoms with Gasteiger partial charge in [-0.25, -0.2) is 4.98 Å². The summed E-state index contributed by atoms with van der Waals surface area (Å²) in [6.45, 7) is 4.56. The van der Waals surface area contributed by atoms with Crippen LogP contribution in [0.25, 0.3) is 11.5 Å². The lowest BCUT2D eigenvalue weighted by Crippen LogP contribution is -2.51. The van der Waals surface area contributed by atoms with Gasteiger partial charge in [0.25, 0.3) is 5.91 Å². The van der Waals surface area contributed by atoms with Gasteiger partial charge in [-0.3, -0.25) is 4.79 Å². The number of nitrogens with zero attached hydrogens (tertiary/aromatic N) is 2. The van der Waals surface area contributed by atoms with Crippen molar-refractivity contribution >= 4 is 17.2 Å². The normalized spacial score (nSPS) is 22.0. The van der Waals surface area contributed by atoms with Crippen LogP contribution in [0.4, 0.5) is 0 Å². The van der Waals surface area contributed by atoms with Gasteiger partial charge in [0, 0.05) is 11.9 Å². The van der Waals surface area contributed by atoms with E-state index < -0.39 is 0 Å². The second kappa shape index (κ2) is 6.20. The van der Waals surface area contributed by atoms with E-state index in [2.05, 4.69) is 4.98 Å². The Labute approximate surface area is 132 Å². The molecule has 0 bridgehead atoms. The standard InChI is InChI=1S/C15H18N2O4S/c1-9-6-20-12(5-18)4-17(9)15(19)11-3-14(21-7-11)13-8-22-10(2)16-13/h3,7-9,12,18H,4-6H2,1-2H3. The molecular weight excluding hydrogens is 304 g/mol. The Kier molecular flexibility index (Phi) is 4.28. The molecule has 1 saturated heterocycles. The molecule has 22 heavy (non-hydrogen) atoms. The number of rotatable bonds is 3. The Morgan fingerprint density at radius 1 is 1.59 bits per heavy atom. The lowest BCUT2D eigenvalue weighted by molar-refractivity contribution is -0.0667. The van der Waals surface area contributed by atoms with E-state index in [0.29, 0.717) is 24.5 Å². The van der Waals surface area contributed by atoms with Gasteiger partial charge in [0.1, 0.15) is 12.0 Å². The number of ether oxygens (including phenoxy) is 1. The average Bonchev–Trinajstić information content (AvgIpc) is 3.16. The van der Waals surface area contributed by atoms with E-state index in [1.54, 1.807) is 11.0 Å². The summed E-state index contributed by atoms with van der Waals surface area (Å²) in [6.07, 6.45) is 1.13. The third kappa shape index (κ3) is 2.92. The zero-order chi connectivity index (χ0) is 15.7. The molecule has 0 spiro atoms. The van der Waals surface area contributed by atoms with Crippen LogP contribution in [0.2, 0.25) is 0 Å². The van der Waals surface area contributed by atoms with Crippen molar-refractivity contribution in [2.45, 2.75) is 26.0 Å². The monoisotopic (exact) mass is 322 g/mol. The van der Waals surface area contributed by atoms with Crippen LogP contribution in [-0.4, -0.2) is 52.8 Å². The minimum absolute atomic E-state index is 0.0323. The van der Waals surface area contributed by atoms with Crippen LogP contribution in [-0.2, 0) is 4.74 Å². The number of furan rings is 1. The van der Waals surface area contributed by atoms with Crippen molar-refractivity contribution in [1.82, 2.24) is 9.88 Å². The summed E-state index contributed by atoms with van der Waals surface area (Å²) in [5.74, 6) is 0.475. The first-order valence-corrected chi connectivity index (χ1v) is 8.01. The maximum absolute atomic E-state index is 12.6. The number of aliphatic hydroxyl groups excluding tert-OH is 1. The minimum Gasteiger partial charge on any atom is -0.462 e. The number of morpholine rings is 1. The third-order valence-corrected chi connectivity index (χ3v) is 4.46. The topological polar surface area (TPSA) is 75.8 Å². The largest absolute Gasteiger partial charge is 0.462 e. The Morgan fingerprint density at radius 3 is 3.09 bits per heavy atom. The van der Waals surface area contributed by atoms with Crippen molar-refractivity contribution in [3.63, 3.8) is 0 Å². The number of aryl methyl sites for hydroxylation is 1. The van der Waals surface area contributed by atoms with E-state index in [1.165, 1.54) is 17.6 Å². The lowest BCUT2D eigenvalue weighted by Gasteiger charge is -2.37. The second-order valence-corrected chi connectivity index (χ2v) is 6.46. The van der Waals surface area contributed by atoms with Crippen LogP contribution >= 0.6 is 11.3 Å². The highest BCUT2D eigenvalue weighted by molar-refractivity contribution is 7.09. The molecule has 2 atom stereocenters. The number of aromatic nitrogens is 1. The average molecular weight is 322 g/mol. The van der Waals surface area contributed by atoms with E-state index in [1.807, 2.05) is 19.2 Å². The molecule has 0 aromatic carbocycles. The number of hydrogen-bond donors (Lipinski definition) is 1. The van der Waals surface area contributed by atoms with Crippen molar-refractivity contribution in [3.8, 4) is 11.5 Å². The number of carbonyl (C=O) groups is 1. The van der Waals surface area contributed by atoms with Gasteiger partial charge in [-0.1, -0.05) is 0 Å². The molecule has 0 saturated carbocycles. The molecule has 1 aliphatic rings. The van der Waals surface area contributed by atoms with E-state index in [-0.39, 0.29) is 24.7 Å². The molecule has 1 amide bonds. The first kappa shape index (κ1) is 15.2. The predicted octanol–water partition coefficient (Wildman–Crippen LogP) is 1.93. The molecule has 1 N–H and O–H groups in total. The summed E-state index contributed by atoms with van der Waals surface area (Å²) < 4.78 is 10.9. The zero-order valence-electron chi connectivity index (χ0n) is 12.5. The molecule has 118 valence electrons. The SMILES string of the molecule is Cc1nc(-c2cc(C(=O)N3CC(CO)OCC3C)co2)cs1. The van der Waals surface area contributed by atoms with Crippen molar-refractivity contribution in [2.24, 2.45) is 0 Å². The van der Waals surface area contributed by atoms with Crippen LogP contribution in [0.5, 0.6) is 0 Å². The fourth-order valence-corrected chi connectivity index (χ4v) is 3.04. The maximum Gasteiger partial charge on any atom is 0.257 e. The number of carbonyl (C=O) groups excluding carboxylic acids is 1. The smallest absolute Gasteiger partial charge is 0.257 e. The first-order valence-electron chi connectivity index (χ1n) is 7.13. The highest BCUT2D eigenvalue weighted by Gasteiger charge is 2.30. The first-order chi connectivity index (χ1) is 10.6.